The molecule has 4 aromatic rings. The molecule has 24 heavy (non-hydrogen) atoms. The summed E-state index contributed by atoms with van der Waals surface area (Å²) in [4.78, 5) is 17.5. The lowest BCUT2D eigenvalue weighted by molar-refractivity contribution is 1.06. The van der Waals surface area contributed by atoms with Crippen molar-refractivity contribution in [1.82, 2.24) is 19.9 Å². The van der Waals surface area contributed by atoms with Gasteiger partial charge in [0.1, 0.15) is 6.33 Å². The Labute approximate surface area is 139 Å². The van der Waals surface area contributed by atoms with Gasteiger partial charge in [0.2, 0.25) is 0 Å². The first-order valence-electron chi connectivity index (χ1n) is 7.66. The molecule has 0 bridgehead atoms. The quantitative estimate of drug-likeness (QED) is 0.567. The highest BCUT2D eigenvalue weighted by Crippen LogP contribution is 2.22. The summed E-state index contributed by atoms with van der Waals surface area (Å²) in [5.41, 5.74) is 3.95. The van der Waals surface area contributed by atoms with Gasteiger partial charge in [-0.25, -0.2) is 15.0 Å². The minimum Gasteiger partial charge on any atom is -0.256 e. The van der Waals surface area contributed by atoms with Gasteiger partial charge in [-0.05, 0) is 12.1 Å². The smallest absolute Gasteiger partial charge is 0.163 e. The molecule has 0 aliphatic rings. The molecule has 0 N–H and O–H groups in total. The van der Waals surface area contributed by atoms with Crippen LogP contribution in [0.4, 0.5) is 0 Å². The van der Waals surface area contributed by atoms with Crippen molar-refractivity contribution in [2.24, 2.45) is 0 Å². The Morgan fingerprint density at radius 2 is 1.12 bits per heavy atom. The van der Waals surface area contributed by atoms with E-state index in [-0.39, 0.29) is 0 Å². The maximum atomic E-state index is 4.58. The van der Waals surface area contributed by atoms with Crippen LogP contribution in [0.2, 0.25) is 0 Å². The molecule has 0 unspecified atom stereocenters. The van der Waals surface area contributed by atoms with E-state index in [1.807, 2.05) is 72.8 Å². The summed E-state index contributed by atoms with van der Waals surface area (Å²) in [6.45, 7) is 0. The van der Waals surface area contributed by atoms with E-state index < -0.39 is 0 Å². The zero-order chi connectivity index (χ0) is 16.2. The Balaban J connectivity index is 1.67. The minimum atomic E-state index is 0.663. The summed E-state index contributed by atoms with van der Waals surface area (Å²) < 4.78 is 0. The van der Waals surface area contributed by atoms with Crippen LogP contribution in [0.3, 0.4) is 0 Å². The van der Waals surface area contributed by atoms with E-state index in [0.717, 1.165) is 22.4 Å². The van der Waals surface area contributed by atoms with Crippen molar-refractivity contribution in [3.8, 4) is 34.0 Å². The Morgan fingerprint density at radius 1 is 0.500 bits per heavy atom. The maximum Gasteiger partial charge on any atom is 0.163 e. The molecule has 0 amide bonds. The molecule has 0 saturated carbocycles. The van der Waals surface area contributed by atoms with E-state index in [2.05, 4.69) is 19.9 Å². The number of nitrogens with zero attached hydrogens (tertiary/aromatic N) is 4. The molecule has 0 saturated heterocycles. The normalized spacial score (nSPS) is 10.5. The number of rotatable bonds is 3. The summed E-state index contributed by atoms with van der Waals surface area (Å²) in [7, 11) is 0. The van der Waals surface area contributed by atoms with Gasteiger partial charge < -0.3 is 0 Å². The van der Waals surface area contributed by atoms with Crippen LogP contribution >= 0.6 is 0 Å². The lowest BCUT2D eigenvalue weighted by Gasteiger charge is -2.05. The molecule has 0 aliphatic heterocycles. The van der Waals surface area contributed by atoms with E-state index in [4.69, 9.17) is 0 Å². The largest absolute Gasteiger partial charge is 0.256 e. The second-order valence-corrected chi connectivity index (χ2v) is 5.29. The molecule has 0 fully saturated rings. The lowest BCUT2D eigenvalue weighted by atomic mass is 10.1. The van der Waals surface area contributed by atoms with E-state index in [9.17, 15) is 0 Å². The Kier molecular flexibility index (Phi) is 3.78. The van der Waals surface area contributed by atoms with Crippen LogP contribution in [0.25, 0.3) is 34.0 Å². The summed E-state index contributed by atoms with van der Waals surface area (Å²) in [6.07, 6.45) is 3.35. The first-order chi connectivity index (χ1) is 11.9. The first-order valence-corrected chi connectivity index (χ1v) is 7.66. The molecule has 0 radical (unpaired) electrons. The Bertz CT molecular complexity index is 936. The SMILES string of the molecule is c1ccc(-c2ncnc(-c3ccc(-c4ccccn4)cc3)n2)cc1. The monoisotopic (exact) mass is 310 g/mol. The van der Waals surface area contributed by atoms with Crippen molar-refractivity contribution in [2.75, 3.05) is 0 Å². The molecule has 2 aromatic carbocycles. The predicted octanol–water partition coefficient (Wildman–Crippen LogP) is 4.27. The van der Waals surface area contributed by atoms with Crippen molar-refractivity contribution in [3.63, 3.8) is 0 Å². The average Bonchev–Trinajstić information content (AvgIpc) is 2.70. The fraction of sp³-hybridized carbons (Fsp3) is 0. The van der Waals surface area contributed by atoms with Crippen LogP contribution in [0.5, 0.6) is 0 Å². The second-order valence-electron chi connectivity index (χ2n) is 5.29. The van der Waals surface area contributed by atoms with E-state index in [1.165, 1.54) is 0 Å². The van der Waals surface area contributed by atoms with Gasteiger partial charge in [-0.15, -0.1) is 0 Å². The topological polar surface area (TPSA) is 51.6 Å². The highest BCUT2D eigenvalue weighted by molar-refractivity contribution is 5.66. The molecule has 114 valence electrons. The van der Waals surface area contributed by atoms with Crippen LogP contribution in [0.1, 0.15) is 0 Å². The van der Waals surface area contributed by atoms with Gasteiger partial charge in [-0.1, -0.05) is 60.7 Å². The predicted molar refractivity (Wildman–Crippen MR) is 93.9 cm³/mol. The summed E-state index contributed by atoms with van der Waals surface area (Å²) in [6, 6.07) is 23.9. The summed E-state index contributed by atoms with van der Waals surface area (Å²) >= 11 is 0. The third kappa shape index (κ3) is 2.90. The molecule has 2 aromatic heterocycles. The van der Waals surface area contributed by atoms with Gasteiger partial charge in [0.05, 0.1) is 5.69 Å². The van der Waals surface area contributed by atoms with Crippen LogP contribution in [-0.2, 0) is 0 Å². The Morgan fingerprint density at radius 3 is 1.79 bits per heavy atom. The molecular weight excluding hydrogens is 296 g/mol. The molecular formula is C20H14N4. The second kappa shape index (κ2) is 6.38. The zero-order valence-electron chi connectivity index (χ0n) is 12.9. The van der Waals surface area contributed by atoms with Gasteiger partial charge in [0.15, 0.2) is 11.6 Å². The van der Waals surface area contributed by atoms with Crippen molar-refractivity contribution in [2.45, 2.75) is 0 Å². The fourth-order valence-corrected chi connectivity index (χ4v) is 2.49. The van der Waals surface area contributed by atoms with Crippen molar-refractivity contribution < 1.29 is 0 Å². The summed E-state index contributed by atoms with van der Waals surface area (Å²) in [5.74, 6) is 1.34. The number of aromatic nitrogens is 4. The highest BCUT2D eigenvalue weighted by Gasteiger charge is 2.06. The van der Waals surface area contributed by atoms with E-state index in [1.54, 1.807) is 12.5 Å². The number of pyridine rings is 1. The van der Waals surface area contributed by atoms with Gasteiger partial charge in [-0.3, -0.25) is 4.98 Å². The van der Waals surface area contributed by atoms with E-state index in [0.29, 0.717) is 11.6 Å². The maximum absolute atomic E-state index is 4.58. The molecule has 0 aliphatic carbocycles. The fourth-order valence-electron chi connectivity index (χ4n) is 2.49. The van der Waals surface area contributed by atoms with Crippen LogP contribution in [0.15, 0.2) is 85.3 Å². The van der Waals surface area contributed by atoms with Crippen molar-refractivity contribution in [3.05, 3.63) is 85.3 Å². The van der Waals surface area contributed by atoms with Crippen LogP contribution in [0, 0.1) is 0 Å². The molecule has 4 nitrogen and oxygen atoms in total. The number of hydrogen-bond donors (Lipinski definition) is 0. The van der Waals surface area contributed by atoms with Gasteiger partial charge >= 0.3 is 0 Å². The van der Waals surface area contributed by atoms with Gasteiger partial charge in [-0.2, -0.15) is 0 Å². The number of hydrogen-bond acceptors (Lipinski definition) is 4. The molecule has 4 heteroatoms. The molecule has 0 atom stereocenters. The summed E-state index contributed by atoms with van der Waals surface area (Å²) in [5, 5.41) is 0. The third-order valence-corrected chi connectivity index (χ3v) is 3.71. The Hall–Kier alpha value is -3.40. The highest BCUT2D eigenvalue weighted by atomic mass is 15.0. The minimum absolute atomic E-state index is 0.663. The van der Waals surface area contributed by atoms with Gasteiger partial charge in [0.25, 0.3) is 0 Å². The number of benzene rings is 2. The van der Waals surface area contributed by atoms with Crippen molar-refractivity contribution in [1.29, 1.82) is 0 Å². The third-order valence-electron chi connectivity index (χ3n) is 3.71. The standard InChI is InChI=1S/C20H14N4/c1-2-6-16(7-3-1)19-22-14-23-20(24-19)17-11-9-15(10-12-17)18-8-4-5-13-21-18/h1-14H. The van der Waals surface area contributed by atoms with Gasteiger partial charge in [0, 0.05) is 22.9 Å². The molecule has 2 heterocycles. The lowest BCUT2D eigenvalue weighted by Crippen LogP contribution is -1.95. The van der Waals surface area contributed by atoms with E-state index >= 15 is 0 Å². The molecule has 0 spiro atoms. The molecule has 4 rings (SSSR count). The van der Waals surface area contributed by atoms with Crippen LogP contribution in [-0.4, -0.2) is 19.9 Å². The zero-order valence-corrected chi connectivity index (χ0v) is 12.9. The first kappa shape index (κ1) is 14.2. The van der Waals surface area contributed by atoms with Crippen molar-refractivity contribution >= 4 is 0 Å². The van der Waals surface area contributed by atoms with Crippen LogP contribution < -0.4 is 0 Å². The average molecular weight is 310 g/mol.